The Morgan fingerprint density at radius 3 is 1.50 bits per heavy atom. The summed E-state index contributed by atoms with van der Waals surface area (Å²) >= 11 is 0. The van der Waals surface area contributed by atoms with Crippen molar-refractivity contribution in [2.75, 3.05) is 19.6 Å². The summed E-state index contributed by atoms with van der Waals surface area (Å²) in [6, 6.07) is 0. The average Bonchev–Trinajstić information content (AvgIpc) is 2.60. The van der Waals surface area contributed by atoms with E-state index < -0.39 is 35.7 Å². The van der Waals surface area contributed by atoms with Crippen molar-refractivity contribution in [2.24, 2.45) is 17.8 Å². The molecule has 0 aromatic rings. The summed E-state index contributed by atoms with van der Waals surface area (Å²) in [6.45, 7) is 7.37. The molecule has 0 saturated heterocycles. The fourth-order valence-corrected chi connectivity index (χ4v) is 3.44. The second kappa shape index (κ2) is 13.3. The number of hydrogen-bond acceptors (Lipinski definition) is 3. The number of hydrogen-bond donors (Lipinski definition) is 3. The molecule has 0 aromatic heterocycles. The van der Waals surface area contributed by atoms with Crippen molar-refractivity contribution < 1.29 is 34.2 Å². The van der Waals surface area contributed by atoms with Crippen LogP contribution in [0.3, 0.4) is 0 Å². The fourth-order valence-electron chi connectivity index (χ4n) is 3.44. The molecule has 0 spiro atoms. The maximum Gasteiger partial charge on any atom is 0.311 e. The number of allylic oxidation sites excluding steroid dienone is 1. The topological polar surface area (TPSA) is 112 Å². The molecule has 7 heteroatoms. The van der Waals surface area contributed by atoms with Crippen LogP contribution < -0.4 is 0 Å². The Morgan fingerprint density at radius 2 is 1.14 bits per heavy atom. The van der Waals surface area contributed by atoms with Gasteiger partial charge in [-0.15, -0.1) is 0 Å². The molecule has 0 aromatic carbocycles. The van der Waals surface area contributed by atoms with Gasteiger partial charge in [-0.3, -0.25) is 18.9 Å². The van der Waals surface area contributed by atoms with Crippen LogP contribution in [0.5, 0.6) is 0 Å². The minimum Gasteiger partial charge on any atom is -0.481 e. The van der Waals surface area contributed by atoms with Gasteiger partial charge in [0.15, 0.2) is 0 Å². The van der Waals surface area contributed by atoms with E-state index in [-0.39, 0.29) is 24.1 Å². The van der Waals surface area contributed by atoms with Gasteiger partial charge in [-0.05, 0) is 39.7 Å². The van der Waals surface area contributed by atoms with Crippen molar-refractivity contribution in [1.29, 1.82) is 0 Å². The van der Waals surface area contributed by atoms with Crippen LogP contribution in [0.1, 0.15) is 66.2 Å². The lowest BCUT2D eigenvalue weighted by Crippen LogP contribution is -2.53. The molecule has 3 N–H and O–H groups in total. The van der Waals surface area contributed by atoms with Gasteiger partial charge in [-0.1, -0.05) is 32.6 Å². The van der Waals surface area contributed by atoms with E-state index in [9.17, 15) is 29.7 Å². The van der Waals surface area contributed by atoms with E-state index in [4.69, 9.17) is 0 Å². The highest BCUT2D eigenvalue weighted by Crippen LogP contribution is 2.21. The van der Waals surface area contributed by atoms with Crippen LogP contribution in [0, 0.1) is 17.8 Å². The summed E-state index contributed by atoms with van der Waals surface area (Å²) in [7, 11) is 0. The van der Waals surface area contributed by atoms with Gasteiger partial charge in [0, 0.05) is 0 Å². The zero-order valence-corrected chi connectivity index (χ0v) is 17.8. The zero-order valence-electron chi connectivity index (χ0n) is 17.8. The molecule has 3 atom stereocenters. The Balaban J connectivity index is 5.49. The number of rotatable bonds is 16. The van der Waals surface area contributed by atoms with E-state index in [2.05, 4.69) is 6.92 Å². The van der Waals surface area contributed by atoms with Crippen molar-refractivity contribution in [1.82, 2.24) is 0 Å². The molecule has 0 rings (SSSR count). The summed E-state index contributed by atoms with van der Waals surface area (Å²) in [5.41, 5.74) is 0. The quantitative estimate of drug-likeness (QED) is 0.268. The largest absolute Gasteiger partial charge is 0.481 e. The Kier molecular flexibility index (Phi) is 12.4. The second-order valence-corrected chi connectivity index (χ2v) is 8.07. The van der Waals surface area contributed by atoms with E-state index >= 15 is 0 Å². The number of unbranched alkanes of at least 4 members (excludes halogenated alkanes) is 5. The molecule has 0 bridgehead atoms. The molecule has 0 saturated carbocycles. The van der Waals surface area contributed by atoms with E-state index in [0.717, 1.165) is 19.3 Å². The van der Waals surface area contributed by atoms with Crippen LogP contribution in [0.4, 0.5) is 0 Å². The molecule has 0 aliphatic carbocycles. The molecule has 162 valence electrons. The van der Waals surface area contributed by atoms with E-state index in [1.807, 2.05) is 12.3 Å². The minimum atomic E-state index is -0.971. The number of carboxylic acid groups (broad SMARTS) is 3. The van der Waals surface area contributed by atoms with Crippen LogP contribution >= 0.6 is 0 Å². The lowest BCUT2D eigenvalue weighted by atomic mass is 10.0. The second-order valence-electron chi connectivity index (χ2n) is 8.07. The Hall–Kier alpha value is -1.89. The van der Waals surface area contributed by atoms with Crippen LogP contribution in [0.2, 0.25) is 0 Å². The Bertz CT molecular complexity index is 476. The molecule has 0 heterocycles. The van der Waals surface area contributed by atoms with Crippen LogP contribution in [0.15, 0.2) is 12.3 Å². The predicted molar refractivity (Wildman–Crippen MR) is 108 cm³/mol. The summed E-state index contributed by atoms with van der Waals surface area (Å²) in [6.07, 6.45) is 10.3. The number of aliphatic carboxylic acids is 3. The first-order chi connectivity index (χ1) is 13.0. The van der Waals surface area contributed by atoms with Gasteiger partial charge in [-0.25, -0.2) is 0 Å². The highest BCUT2D eigenvalue weighted by molar-refractivity contribution is 5.70. The van der Waals surface area contributed by atoms with Crippen molar-refractivity contribution in [3.8, 4) is 0 Å². The van der Waals surface area contributed by atoms with Gasteiger partial charge in [-0.2, -0.15) is 0 Å². The third-order valence-electron chi connectivity index (χ3n) is 5.07. The summed E-state index contributed by atoms with van der Waals surface area (Å²) in [5.74, 6) is -5.05. The van der Waals surface area contributed by atoms with Crippen LogP contribution in [-0.2, 0) is 14.4 Å². The standard InChI is InChI=1S/C21H37NO6/c1-5-6-7-8-9-10-11-12-22(13-16(2)19(23)24,14-17(3)20(25)26)15-18(4)21(27)28/h11-12,16-18H,5-10,13-15H2,1-4H3,(H2-,23,24,25,26,27,28)/p+1/b12-11+. The van der Waals surface area contributed by atoms with Gasteiger partial charge in [0.1, 0.15) is 17.8 Å². The molecule has 0 aliphatic heterocycles. The van der Waals surface area contributed by atoms with Gasteiger partial charge in [0.05, 0.1) is 25.8 Å². The SMILES string of the molecule is CCCCCCC/C=C/[N+](CC(C)C(=O)O)(CC(C)C(=O)O)CC(C)C(=O)O. The van der Waals surface area contributed by atoms with E-state index in [1.54, 1.807) is 20.8 Å². The molecule has 3 unspecified atom stereocenters. The third-order valence-corrected chi connectivity index (χ3v) is 5.07. The molecule has 7 nitrogen and oxygen atoms in total. The normalized spacial score (nSPS) is 17.0. The number of nitrogens with zero attached hydrogens (tertiary/aromatic N) is 1. The van der Waals surface area contributed by atoms with Crippen molar-refractivity contribution in [2.45, 2.75) is 66.2 Å². The molecule has 0 fully saturated rings. The van der Waals surface area contributed by atoms with Crippen LogP contribution in [0.25, 0.3) is 0 Å². The summed E-state index contributed by atoms with van der Waals surface area (Å²) in [5, 5.41) is 28.1. The monoisotopic (exact) mass is 400 g/mol. The van der Waals surface area contributed by atoms with Crippen molar-refractivity contribution >= 4 is 17.9 Å². The maximum atomic E-state index is 11.4. The lowest BCUT2D eigenvalue weighted by Gasteiger charge is -2.38. The minimum absolute atomic E-state index is 0.0450. The highest BCUT2D eigenvalue weighted by Gasteiger charge is 2.37. The highest BCUT2D eigenvalue weighted by atomic mass is 16.4. The molecule has 0 aliphatic rings. The number of carbonyl (C=O) groups is 3. The predicted octanol–water partition coefficient (Wildman–Crippen LogP) is 3.84. The average molecular weight is 401 g/mol. The van der Waals surface area contributed by atoms with Gasteiger partial charge in [0.2, 0.25) is 0 Å². The van der Waals surface area contributed by atoms with E-state index in [0.29, 0.717) is 0 Å². The molecule has 28 heavy (non-hydrogen) atoms. The fraction of sp³-hybridized carbons (Fsp3) is 0.762. The first-order valence-electron chi connectivity index (χ1n) is 10.3. The molecular formula is C21H38NO6+. The zero-order chi connectivity index (χ0) is 21.7. The van der Waals surface area contributed by atoms with Gasteiger partial charge >= 0.3 is 17.9 Å². The first kappa shape index (κ1) is 26.1. The summed E-state index contributed by atoms with van der Waals surface area (Å²) in [4.78, 5) is 34.3. The van der Waals surface area contributed by atoms with Gasteiger partial charge in [0.25, 0.3) is 0 Å². The summed E-state index contributed by atoms with van der Waals surface area (Å²) < 4.78 is 0.0450. The molecule has 0 radical (unpaired) electrons. The number of quaternary nitrogens is 1. The van der Waals surface area contributed by atoms with Gasteiger partial charge < -0.3 is 15.3 Å². The van der Waals surface area contributed by atoms with Crippen LogP contribution in [-0.4, -0.2) is 57.3 Å². The Morgan fingerprint density at radius 1 is 0.750 bits per heavy atom. The first-order valence-corrected chi connectivity index (χ1v) is 10.3. The lowest BCUT2D eigenvalue weighted by molar-refractivity contribution is -0.886. The van der Waals surface area contributed by atoms with Crippen molar-refractivity contribution in [3.63, 3.8) is 0 Å². The molecule has 0 amide bonds. The number of carboxylic acids is 3. The Labute approximate surface area is 168 Å². The maximum absolute atomic E-state index is 11.4. The third kappa shape index (κ3) is 10.4. The van der Waals surface area contributed by atoms with Crippen molar-refractivity contribution in [3.05, 3.63) is 12.3 Å². The van der Waals surface area contributed by atoms with E-state index in [1.165, 1.54) is 19.3 Å². The smallest absolute Gasteiger partial charge is 0.311 e. The molecular weight excluding hydrogens is 362 g/mol.